The van der Waals surface area contributed by atoms with Crippen LogP contribution in [0, 0.1) is 0 Å². The first-order chi connectivity index (χ1) is 9.27. The lowest BCUT2D eigenvalue weighted by atomic mass is 10.1. The van der Waals surface area contributed by atoms with Crippen molar-refractivity contribution in [3.63, 3.8) is 0 Å². The largest absolute Gasteiger partial charge is 0.492 e. The molecule has 20 heavy (non-hydrogen) atoms. The first-order valence-electron chi connectivity index (χ1n) is 6.59. The molecule has 6 heteroatoms. The van der Waals surface area contributed by atoms with Gasteiger partial charge in [-0.15, -0.1) is 0 Å². The maximum Gasteiger partial charge on any atom is 0.155 e. The zero-order valence-corrected chi connectivity index (χ0v) is 14.7. The molecule has 0 heterocycles. The van der Waals surface area contributed by atoms with Gasteiger partial charge in [0.25, 0.3) is 0 Å². The molecule has 0 radical (unpaired) electrons. The highest BCUT2D eigenvalue weighted by Gasteiger charge is 2.17. The third kappa shape index (κ3) is 4.75. The van der Waals surface area contributed by atoms with Crippen LogP contribution in [-0.4, -0.2) is 33.1 Å². The van der Waals surface area contributed by atoms with Crippen LogP contribution < -0.4 is 10.1 Å². The van der Waals surface area contributed by atoms with E-state index in [2.05, 4.69) is 21.2 Å². The van der Waals surface area contributed by atoms with Crippen LogP contribution in [0.5, 0.6) is 5.75 Å². The predicted molar refractivity (Wildman–Crippen MR) is 86.0 cm³/mol. The number of sulfone groups is 1. The number of halogens is 1. The van der Waals surface area contributed by atoms with Gasteiger partial charge in [-0.3, -0.25) is 0 Å². The first kappa shape index (κ1) is 17.5. The van der Waals surface area contributed by atoms with E-state index >= 15 is 0 Å². The Bertz CT molecular complexity index is 543. The predicted octanol–water partition coefficient (Wildman–Crippen LogP) is 2.93. The van der Waals surface area contributed by atoms with Gasteiger partial charge in [0, 0.05) is 16.1 Å². The van der Waals surface area contributed by atoms with E-state index in [-0.39, 0.29) is 23.7 Å². The maximum absolute atomic E-state index is 11.8. The Morgan fingerprint density at radius 1 is 1.30 bits per heavy atom. The van der Waals surface area contributed by atoms with Gasteiger partial charge in [-0.2, -0.15) is 0 Å². The summed E-state index contributed by atoms with van der Waals surface area (Å²) in [6, 6.07) is 5.92. The average molecular weight is 364 g/mol. The van der Waals surface area contributed by atoms with E-state index in [1.165, 1.54) is 0 Å². The van der Waals surface area contributed by atoms with Crippen molar-refractivity contribution in [2.24, 2.45) is 0 Å². The van der Waals surface area contributed by atoms with Crippen LogP contribution in [0.15, 0.2) is 22.7 Å². The maximum atomic E-state index is 11.8. The fraction of sp³-hybridized carbons (Fsp3) is 0.571. The quantitative estimate of drug-likeness (QED) is 0.808. The SMILES string of the molecule is CNC(C)c1ccc(Br)cc1OCCS(=O)(=O)C(C)C. The summed E-state index contributed by atoms with van der Waals surface area (Å²) < 4.78 is 30.1. The summed E-state index contributed by atoms with van der Waals surface area (Å²) in [6.45, 7) is 5.56. The Balaban J connectivity index is 2.80. The van der Waals surface area contributed by atoms with Crippen molar-refractivity contribution in [1.29, 1.82) is 0 Å². The lowest BCUT2D eigenvalue weighted by Gasteiger charge is -2.17. The standard InChI is InChI=1S/C14H22BrNO3S/c1-10(2)20(17,18)8-7-19-14-9-12(15)5-6-13(14)11(3)16-4/h5-6,9-11,16H,7-8H2,1-4H3. The number of hydrogen-bond donors (Lipinski definition) is 1. The summed E-state index contributed by atoms with van der Waals surface area (Å²) >= 11 is 3.40. The first-order valence-corrected chi connectivity index (χ1v) is 9.10. The minimum absolute atomic E-state index is 0.0323. The Labute approximate surface area is 130 Å². The van der Waals surface area contributed by atoms with Gasteiger partial charge in [-0.05, 0) is 40.0 Å². The van der Waals surface area contributed by atoms with Gasteiger partial charge in [0.2, 0.25) is 0 Å². The van der Waals surface area contributed by atoms with Crippen molar-refractivity contribution in [1.82, 2.24) is 5.32 Å². The lowest BCUT2D eigenvalue weighted by molar-refractivity contribution is 0.333. The van der Waals surface area contributed by atoms with Gasteiger partial charge in [0.15, 0.2) is 9.84 Å². The van der Waals surface area contributed by atoms with Crippen molar-refractivity contribution in [3.05, 3.63) is 28.2 Å². The smallest absolute Gasteiger partial charge is 0.155 e. The van der Waals surface area contributed by atoms with E-state index in [4.69, 9.17) is 4.74 Å². The highest BCUT2D eigenvalue weighted by Crippen LogP contribution is 2.28. The minimum Gasteiger partial charge on any atom is -0.492 e. The summed E-state index contributed by atoms with van der Waals surface area (Å²) in [5.74, 6) is 0.741. The van der Waals surface area contributed by atoms with Crippen molar-refractivity contribution in [2.45, 2.75) is 32.1 Å². The third-order valence-corrected chi connectivity index (χ3v) is 5.88. The molecule has 1 unspecified atom stereocenters. The molecule has 0 aliphatic carbocycles. The normalized spacial score (nSPS) is 13.5. The molecule has 0 bridgehead atoms. The van der Waals surface area contributed by atoms with Crippen molar-refractivity contribution in [2.75, 3.05) is 19.4 Å². The topological polar surface area (TPSA) is 55.4 Å². The van der Waals surface area contributed by atoms with Crippen LogP contribution in [0.1, 0.15) is 32.4 Å². The summed E-state index contributed by atoms with van der Waals surface area (Å²) in [6.07, 6.45) is 0. The van der Waals surface area contributed by atoms with Crippen molar-refractivity contribution < 1.29 is 13.2 Å². The molecule has 0 amide bonds. The summed E-state index contributed by atoms with van der Waals surface area (Å²) in [7, 11) is -1.19. The van der Waals surface area contributed by atoms with Crippen molar-refractivity contribution >= 4 is 25.8 Å². The minimum atomic E-state index is -3.07. The second kappa shape index (κ2) is 7.43. The second-order valence-corrected chi connectivity index (χ2v) is 8.55. The van der Waals surface area contributed by atoms with Gasteiger partial charge in [-0.1, -0.05) is 22.0 Å². The van der Waals surface area contributed by atoms with Crippen LogP contribution in [0.2, 0.25) is 0 Å². The summed E-state index contributed by atoms with van der Waals surface area (Å²) in [4.78, 5) is 0. The van der Waals surface area contributed by atoms with Crippen LogP contribution in [0.25, 0.3) is 0 Å². The van der Waals surface area contributed by atoms with Crippen LogP contribution >= 0.6 is 15.9 Å². The molecule has 114 valence electrons. The molecule has 1 N–H and O–H groups in total. The Morgan fingerprint density at radius 2 is 1.95 bits per heavy atom. The fourth-order valence-electron chi connectivity index (χ4n) is 1.65. The molecule has 0 aromatic heterocycles. The zero-order chi connectivity index (χ0) is 15.3. The van der Waals surface area contributed by atoms with Gasteiger partial charge in [0.05, 0.1) is 11.0 Å². The monoisotopic (exact) mass is 363 g/mol. The van der Waals surface area contributed by atoms with Gasteiger partial charge >= 0.3 is 0 Å². The van der Waals surface area contributed by atoms with Gasteiger partial charge in [-0.25, -0.2) is 8.42 Å². The Hall–Kier alpha value is -0.590. The Morgan fingerprint density at radius 3 is 2.50 bits per heavy atom. The fourth-order valence-corrected chi connectivity index (χ4v) is 2.78. The molecule has 0 aliphatic heterocycles. The Kier molecular flexibility index (Phi) is 6.48. The highest BCUT2D eigenvalue weighted by molar-refractivity contribution is 9.10. The van der Waals surface area contributed by atoms with Gasteiger partial charge in [0.1, 0.15) is 12.4 Å². The van der Waals surface area contributed by atoms with E-state index in [1.807, 2.05) is 32.2 Å². The zero-order valence-electron chi connectivity index (χ0n) is 12.3. The number of ether oxygens (including phenoxy) is 1. The average Bonchev–Trinajstić information content (AvgIpc) is 2.37. The van der Waals surface area contributed by atoms with Gasteiger partial charge < -0.3 is 10.1 Å². The van der Waals surface area contributed by atoms with Crippen LogP contribution in [0.4, 0.5) is 0 Å². The molecule has 1 aromatic rings. The molecule has 1 aromatic carbocycles. The molecule has 0 aliphatic rings. The molecule has 1 atom stereocenters. The number of hydrogen-bond acceptors (Lipinski definition) is 4. The third-order valence-electron chi connectivity index (χ3n) is 3.22. The van der Waals surface area contributed by atoms with Crippen molar-refractivity contribution in [3.8, 4) is 5.75 Å². The van der Waals surface area contributed by atoms with Crippen LogP contribution in [0.3, 0.4) is 0 Å². The molecule has 0 fully saturated rings. The van der Waals surface area contributed by atoms with E-state index in [0.29, 0.717) is 5.75 Å². The number of benzene rings is 1. The molecule has 4 nitrogen and oxygen atoms in total. The van der Waals surface area contributed by atoms with E-state index in [1.54, 1.807) is 13.8 Å². The molecule has 1 rings (SSSR count). The lowest BCUT2D eigenvalue weighted by Crippen LogP contribution is -2.22. The summed E-state index contributed by atoms with van der Waals surface area (Å²) in [5.41, 5.74) is 1.01. The van der Waals surface area contributed by atoms with Crippen LogP contribution in [-0.2, 0) is 9.84 Å². The van der Waals surface area contributed by atoms with E-state index in [0.717, 1.165) is 10.0 Å². The number of nitrogens with one attached hydrogen (secondary N) is 1. The molecule has 0 saturated carbocycles. The highest BCUT2D eigenvalue weighted by atomic mass is 79.9. The molecule has 0 spiro atoms. The van der Waals surface area contributed by atoms with E-state index in [9.17, 15) is 8.42 Å². The molecule has 0 saturated heterocycles. The second-order valence-electron chi connectivity index (χ2n) is 4.96. The number of rotatable bonds is 7. The summed E-state index contributed by atoms with van der Waals surface area (Å²) in [5, 5.41) is 2.78. The molecular formula is C14H22BrNO3S. The molecular weight excluding hydrogens is 342 g/mol. The van der Waals surface area contributed by atoms with E-state index < -0.39 is 9.84 Å².